The number of hydrogen-bond acceptors (Lipinski definition) is 0. The summed E-state index contributed by atoms with van der Waals surface area (Å²) in [5.41, 5.74) is 32.0. The minimum Gasteiger partial charge on any atom is -0.201 e. The fourth-order valence-corrected chi connectivity index (χ4v) is 14.5. The van der Waals surface area contributed by atoms with Crippen LogP contribution in [0.5, 0.6) is 0 Å². The van der Waals surface area contributed by atoms with Gasteiger partial charge in [0, 0.05) is 85.2 Å². The molecule has 0 bridgehead atoms. The maximum atomic E-state index is 8.70. The van der Waals surface area contributed by atoms with E-state index in [0.29, 0.717) is 40.0 Å². The predicted molar refractivity (Wildman–Crippen MR) is 446 cm³/mol. The highest BCUT2D eigenvalue weighted by atomic mass is 14.9. The second-order valence-corrected chi connectivity index (χ2v) is 30.1. The van der Waals surface area contributed by atoms with Gasteiger partial charge < -0.3 is 0 Å². The number of aromatic nitrogens is 4. The minimum absolute atomic E-state index is 0.142. The van der Waals surface area contributed by atoms with Crippen molar-refractivity contribution in [2.24, 2.45) is 28.2 Å². The summed E-state index contributed by atoms with van der Waals surface area (Å²) in [6.45, 7) is 32.3. The molecule has 0 aliphatic heterocycles. The lowest BCUT2D eigenvalue weighted by Gasteiger charge is -2.17. The molecule has 0 N–H and O–H groups in total. The molecule has 0 radical (unpaired) electrons. The van der Waals surface area contributed by atoms with Crippen LogP contribution in [0.15, 0.2) is 219 Å². The van der Waals surface area contributed by atoms with Crippen molar-refractivity contribution < 1.29 is 34.7 Å². The zero-order chi connectivity index (χ0) is 86.0. The predicted octanol–water partition coefficient (Wildman–Crippen LogP) is 25.2. The normalized spacial score (nSPS) is 13.7. The van der Waals surface area contributed by atoms with Crippen LogP contribution in [0.1, 0.15) is 224 Å². The summed E-state index contributed by atoms with van der Waals surface area (Å²) in [6, 6.07) is 65.4. The first-order valence-electron chi connectivity index (χ1n) is 42.8. The van der Waals surface area contributed by atoms with Gasteiger partial charge in [-0.15, -0.1) is 0 Å². The Balaban J connectivity index is 0.000000178. The van der Waals surface area contributed by atoms with Gasteiger partial charge in [-0.1, -0.05) is 229 Å². The quantitative estimate of drug-likeness (QED) is 0.0965. The van der Waals surface area contributed by atoms with E-state index in [-0.39, 0.29) is 11.1 Å². The van der Waals surface area contributed by atoms with E-state index in [1.807, 2.05) is 138 Å². The molecule has 0 spiro atoms. The molecular weight excluding hydrogens is 1260 g/mol. The second-order valence-electron chi connectivity index (χ2n) is 30.1. The standard InChI is InChI=1S/2C26H32N.2C24H28N/c2*1-17(2)22-15-26(27(7)16-25(22)18(3)4)24-14-23(19(5)13-20(24)6)21-11-9-8-10-12-21;2*1-16(2)21-14-24(25(6)15-19(21)5)23-13-22(17(3)12-18(23)4)20-10-8-7-9-11-20/h2*8-18H,1-7H3;2*7-16H,1-6H3/q4*+1/i5D3,17D,18D;;3D3,5D3,16D;. The van der Waals surface area contributed by atoms with Crippen molar-refractivity contribution in [2.45, 2.75) is 188 Å². The average molecular weight is 1390 g/mol. The molecule has 0 unspecified atom stereocenters. The van der Waals surface area contributed by atoms with E-state index >= 15 is 0 Å². The summed E-state index contributed by atoms with van der Waals surface area (Å²) >= 11 is 0. The molecule has 0 fully saturated rings. The van der Waals surface area contributed by atoms with E-state index in [4.69, 9.17) is 16.4 Å². The van der Waals surface area contributed by atoms with E-state index in [1.165, 1.54) is 89.3 Å². The molecule has 0 aliphatic rings. The molecule has 536 valence electrons. The molecular formula is C100H120N4+4. The third-order valence-corrected chi connectivity index (χ3v) is 20.2. The molecule has 4 heterocycles. The van der Waals surface area contributed by atoms with Crippen molar-refractivity contribution in [1.82, 2.24) is 0 Å². The average Bonchev–Trinajstić information content (AvgIpc) is 0.764. The largest absolute Gasteiger partial charge is 0.212 e. The molecule has 0 aliphatic carbocycles. The Hall–Kier alpha value is -9.64. The van der Waals surface area contributed by atoms with Crippen molar-refractivity contribution in [1.29, 1.82) is 0 Å². The third kappa shape index (κ3) is 18.1. The Morgan fingerprint density at radius 3 is 0.788 bits per heavy atom. The van der Waals surface area contributed by atoms with Gasteiger partial charge in [0.05, 0.1) is 0 Å². The summed E-state index contributed by atoms with van der Waals surface area (Å²) in [6.07, 6.45) is 8.09. The zero-order valence-electron chi connectivity index (χ0n) is 78.3. The van der Waals surface area contributed by atoms with E-state index in [9.17, 15) is 0 Å². The lowest BCUT2D eigenvalue weighted by atomic mass is 9.88. The SMILES string of the molecule is Cc1cc(C)c(-c2cc(C(C)C)c(C(C)C)c[n+]2C)cc1-c1ccccc1.Cc1cc(C)c(-c2cc(C(C)C)c(C)c[n+]2C)cc1-c1ccccc1.[2H]C([2H])([2H])c1cc(C)c(-c2cc(C([2H])(C)C)c(C([2H])(C)C)c[n+]2C)cc1-c1ccccc1.[2H]C([2H])([2H])c1cc(C)c(-c2cc(C([2H])(C)C)c(C([2H])([2H])[2H])c[n+]2C)cc1-c1ccccc1. The van der Waals surface area contributed by atoms with Gasteiger partial charge in [-0.25, -0.2) is 18.3 Å². The van der Waals surface area contributed by atoms with Gasteiger partial charge in [0.1, 0.15) is 28.2 Å². The van der Waals surface area contributed by atoms with E-state index < -0.39 is 38.2 Å². The van der Waals surface area contributed by atoms with E-state index in [1.54, 1.807) is 49.9 Å². The zero-order valence-corrected chi connectivity index (χ0v) is 66.3. The van der Waals surface area contributed by atoms with Crippen LogP contribution >= 0.6 is 0 Å². The van der Waals surface area contributed by atoms with Gasteiger partial charge in [0.15, 0.2) is 24.8 Å². The fourth-order valence-electron chi connectivity index (χ4n) is 14.5. The lowest BCUT2D eigenvalue weighted by Crippen LogP contribution is -2.32. The molecule has 4 nitrogen and oxygen atoms in total. The van der Waals surface area contributed by atoms with Crippen LogP contribution in [-0.2, 0) is 28.2 Å². The van der Waals surface area contributed by atoms with Crippen LogP contribution in [0.4, 0.5) is 0 Å². The monoisotopic (exact) mass is 1390 g/mol. The highest BCUT2D eigenvalue weighted by Crippen LogP contribution is 2.39. The Labute approximate surface area is 644 Å². The molecule has 12 rings (SSSR count). The molecule has 0 saturated carbocycles. The molecule has 4 aromatic heterocycles. The fraction of sp³-hybridized carbons (Fsp3) is 0.320. The van der Waals surface area contributed by atoms with Gasteiger partial charge in [-0.2, -0.15) is 0 Å². The van der Waals surface area contributed by atoms with E-state index in [0.717, 1.165) is 55.9 Å². The topological polar surface area (TPSA) is 15.5 Å². The van der Waals surface area contributed by atoms with Crippen LogP contribution in [0.3, 0.4) is 0 Å². The van der Waals surface area contributed by atoms with Crippen LogP contribution in [0.2, 0.25) is 0 Å². The van der Waals surface area contributed by atoms with Crippen molar-refractivity contribution in [3.8, 4) is 89.5 Å². The van der Waals surface area contributed by atoms with Crippen molar-refractivity contribution in [3.63, 3.8) is 0 Å². The highest BCUT2D eigenvalue weighted by Gasteiger charge is 2.26. The van der Waals surface area contributed by atoms with Gasteiger partial charge in [-0.3, -0.25) is 0 Å². The first-order valence-corrected chi connectivity index (χ1v) is 36.8. The summed E-state index contributed by atoms with van der Waals surface area (Å²) in [7, 11) is 8.02. The molecule has 0 atom stereocenters. The summed E-state index contributed by atoms with van der Waals surface area (Å²) < 4.78 is 106. The Kier molecular flexibility index (Phi) is 20.7. The van der Waals surface area contributed by atoms with Gasteiger partial charge in [-0.05, 0) is 240 Å². The van der Waals surface area contributed by atoms with Gasteiger partial charge >= 0.3 is 0 Å². The third-order valence-electron chi connectivity index (χ3n) is 20.2. The number of benzene rings is 8. The molecule has 8 aromatic carbocycles. The maximum Gasteiger partial charge on any atom is 0.212 e. The van der Waals surface area contributed by atoms with Gasteiger partial charge in [0.25, 0.3) is 0 Å². The van der Waals surface area contributed by atoms with Crippen LogP contribution in [-0.4, -0.2) is 0 Å². The maximum absolute atomic E-state index is 8.70. The lowest BCUT2D eigenvalue weighted by molar-refractivity contribution is -0.661. The molecule has 12 aromatic rings. The second kappa shape index (κ2) is 34.3. The van der Waals surface area contributed by atoms with Crippen LogP contribution in [0, 0.1) is 69.0 Å². The Bertz CT molecular complexity index is 5320. The summed E-state index contributed by atoms with van der Waals surface area (Å²) in [5.74, 6) is -1.28. The molecule has 104 heavy (non-hydrogen) atoms. The number of nitrogens with zero attached hydrogens (tertiary/aromatic N) is 4. The first-order chi connectivity index (χ1) is 53.9. The highest BCUT2D eigenvalue weighted by molar-refractivity contribution is 5.80. The number of rotatable bonds is 14. The Morgan fingerprint density at radius 2 is 0.481 bits per heavy atom. The first kappa shape index (κ1) is 62.9. The molecule has 0 saturated heterocycles. The summed E-state index contributed by atoms with van der Waals surface area (Å²) in [4.78, 5) is 0. The molecule has 0 amide bonds. The van der Waals surface area contributed by atoms with Crippen LogP contribution in [0.25, 0.3) is 89.5 Å². The minimum atomic E-state index is -2.35. The number of aryl methyl sites for hydroxylation is 14. The van der Waals surface area contributed by atoms with Crippen LogP contribution < -0.4 is 18.3 Å². The Morgan fingerprint density at radius 1 is 0.231 bits per heavy atom. The van der Waals surface area contributed by atoms with E-state index in [2.05, 4.69) is 209 Å². The smallest absolute Gasteiger partial charge is 0.201 e. The number of pyridine rings is 4. The number of hydrogen-bond donors (Lipinski definition) is 0. The molecule has 4 heteroatoms. The van der Waals surface area contributed by atoms with Crippen molar-refractivity contribution in [3.05, 3.63) is 308 Å². The van der Waals surface area contributed by atoms with Crippen molar-refractivity contribution in [2.75, 3.05) is 0 Å². The van der Waals surface area contributed by atoms with Gasteiger partial charge in [0.2, 0.25) is 22.8 Å². The summed E-state index contributed by atoms with van der Waals surface area (Å²) in [5, 5.41) is 0. The van der Waals surface area contributed by atoms with Crippen molar-refractivity contribution >= 4 is 0 Å².